The molecule has 3 nitrogen and oxygen atoms in total. The van der Waals surface area contributed by atoms with E-state index in [1.165, 1.54) is 12.8 Å². The minimum absolute atomic E-state index is 0.0795. The number of hydrogen-bond acceptors (Lipinski definition) is 2. The van der Waals surface area contributed by atoms with Crippen molar-refractivity contribution in [2.45, 2.75) is 32.7 Å². The Morgan fingerprint density at radius 1 is 1.20 bits per heavy atom. The van der Waals surface area contributed by atoms with E-state index in [1.54, 1.807) is 12.1 Å². The molecule has 3 heteroatoms. The number of nitrogens with zero attached hydrogens (tertiary/aromatic N) is 1. The van der Waals surface area contributed by atoms with Crippen LogP contribution in [0, 0.1) is 0 Å². The Morgan fingerprint density at radius 2 is 1.93 bits per heavy atom. The third-order valence-electron chi connectivity index (χ3n) is 2.31. The van der Waals surface area contributed by atoms with E-state index >= 15 is 0 Å². The molecule has 84 valence electrons. The van der Waals surface area contributed by atoms with Gasteiger partial charge in [0, 0.05) is 31.1 Å². The number of nitrogens with one attached hydrogen (secondary N) is 1. The van der Waals surface area contributed by atoms with Gasteiger partial charge < -0.3 is 9.88 Å². The number of unbranched alkanes of at least 4 members (excludes halogenated alkanes) is 1. The van der Waals surface area contributed by atoms with E-state index in [2.05, 4.69) is 16.8 Å². The first kappa shape index (κ1) is 12.0. The Hall–Kier alpha value is -1.09. The molecule has 0 saturated heterocycles. The number of rotatable bonds is 7. The third kappa shape index (κ3) is 5.37. The van der Waals surface area contributed by atoms with Crippen LogP contribution in [0.15, 0.2) is 29.3 Å². The van der Waals surface area contributed by atoms with Crippen molar-refractivity contribution in [1.29, 1.82) is 0 Å². The Bertz CT molecular complexity index is 299. The lowest BCUT2D eigenvalue weighted by Crippen LogP contribution is -2.16. The highest BCUT2D eigenvalue weighted by Gasteiger charge is 1.90. The summed E-state index contributed by atoms with van der Waals surface area (Å²) < 4.78 is 2.06. The lowest BCUT2D eigenvalue weighted by atomic mass is 10.3. The first-order valence-electron chi connectivity index (χ1n) is 5.69. The van der Waals surface area contributed by atoms with Crippen molar-refractivity contribution in [3.05, 3.63) is 34.7 Å². The van der Waals surface area contributed by atoms with E-state index in [1.807, 2.05) is 12.4 Å². The molecule has 1 aromatic rings. The Balaban J connectivity index is 2.10. The first-order chi connectivity index (χ1) is 7.33. The van der Waals surface area contributed by atoms with Crippen LogP contribution in [0.2, 0.25) is 0 Å². The summed E-state index contributed by atoms with van der Waals surface area (Å²) in [6, 6.07) is 3.21. The van der Waals surface area contributed by atoms with Crippen LogP contribution >= 0.6 is 0 Å². The maximum Gasteiger partial charge on any atom is 0.181 e. The topological polar surface area (TPSA) is 34.0 Å². The average molecular weight is 208 g/mol. The van der Waals surface area contributed by atoms with Crippen molar-refractivity contribution in [3.63, 3.8) is 0 Å². The summed E-state index contributed by atoms with van der Waals surface area (Å²) in [5.74, 6) is 0. The molecule has 1 rings (SSSR count). The predicted molar refractivity (Wildman–Crippen MR) is 63.1 cm³/mol. The van der Waals surface area contributed by atoms with Crippen LogP contribution in [0.5, 0.6) is 0 Å². The number of aryl methyl sites for hydroxylation is 1. The number of pyridine rings is 1. The van der Waals surface area contributed by atoms with Gasteiger partial charge >= 0.3 is 0 Å². The van der Waals surface area contributed by atoms with Gasteiger partial charge in [-0.15, -0.1) is 0 Å². The van der Waals surface area contributed by atoms with Crippen molar-refractivity contribution < 1.29 is 0 Å². The van der Waals surface area contributed by atoms with E-state index in [0.717, 1.165) is 26.1 Å². The second kappa shape index (κ2) is 7.23. The fraction of sp³-hybridized carbons (Fsp3) is 0.583. The van der Waals surface area contributed by atoms with Gasteiger partial charge in [-0.25, -0.2) is 0 Å². The molecule has 0 radical (unpaired) electrons. The summed E-state index contributed by atoms with van der Waals surface area (Å²) in [4.78, 5) is 10.8. The van der Waals surface area contributed by atoms with Crippen molar-refractivity contribution >= 4 is 0 Å². The first-order valence-corrected chi connectivity index (χ1v) is 5.69. The van der Waals surface area contributed by atoms with E-state index in [0.29, 0.717) is 0 Å². The highest BCUT2D eigenvalue weighted by atomic mass is 16.1. The fourth-order valence-corrected chi connectivity index (χ4v) is 1.44. The fourth-order valence-electron chi connectivity index (χ4n) is 1.44. The summed E-state index contributed by atoms with van der Waals surface area (Å²) in [5, 5.41) is 3.37. The zero-order chi connectivity index (χ0) is 10.9. The number of hydrogen-bond donors (Lipinski definition) is 1. The summed E-state index contributed by atoms with van der Waals surface area (Å²) in [7, 11) is 0. The smallest absolute Gasteiger partial charge is 0.181 e. The normalized spacial score (nSPS) is 10.5. The molecule has 0 fully saturated rings. The van der Waals surface area contributed by atoms with Crippen LogP contribution in [-0.4, -0.2) is 17.7 Å². The minimum atomic E-state index is 0.0795. The zero-order valence-corrected chi connectivity index (χ0v) is 9.41. The largest absolute Gasteiger partial charge is 0.354 e. The van der Waals surface area contributed by atoms with Crippen LogP contribution in [-0.2, 0) is 6.54 Å². The Kier molecular flexibility index (Phi) is 5.78. The molecule has 0 unspecified atom stereocenters. The summed E-state index contributed by atoms with van der Waals surface area (Å²) in [6.07, 6.45) is 7.23. The average Bonchev–Trinajstić information content (AvgIpc) is 2.26. The molecule has 0 spiro atoms. The second-order valence-corrected chi connectivity index (χ2v) is 3.73. The molecule has 0 aliphatic rings. The van der Waals surface area contributed by atoms with Gasteiger partial charge in [-0.05, 0) is 32.4 Å². The molecular formula is C12H20N2O. The van der Waals surface area contributed by atoms with Crippen LogP contribution < -0.4 is 10.7 Å². The Labute approximate surface area is 91.1 Å². The van der Waals surface area contributed by atoms with Gasteiger partial charge in [0.05, 0.1) is 0 Å². The van der Waals surface area contributed by atoms with Gasteiger partial charge in [0.1, 0.15) is 0 Å². The molecule has 15 heavy (non-hydrogen) atoms. The molecular weight excluding hydrogens is 188 g/mol. The number of aromatic nitrogens is 1. The predicted octanol–water partition coefficient (Wildman–Crippen LogP) is 1.63. The molecule has 0 aliphatic carbocycles. The minimum Gasteiger partial charge on any atom is -0.354 e. The van der Waals surface area contributed by atoms with Gasteiger partial charge in [0.25, 0.3) is 0 Å². The van der Waals surface area contributed by atoms with Gasteiger partial charge in [0.15, 0.2) is 5.43 Å². The lowest BCUT2D eigenvalue weighted by Gasteiger charge is -2.05. The van der Waals surface area contributed by atoms with Crippen molar-refractivity contribution in [1.82, 2.24) is 9.88 Å². The maximum absolute atomic E-state index is 10.8. The summed E-state index contributed by atoms with van der Waals surface area (Å²) >= 11 is 0. The highest BCUT2D eigenvalue weighted by molar-refractivity contribution is 4.93. The highest BCUT2D eigenvalue weighted by Crippen LogP contribution is 1.93. The van der Waals surface area contributed by atoms with Gasteiger partial charge in [-0.3, -0.25) is 4.79 Å². The Morgan fingerprint density at radius 3 is 2.60 bits per heavy atom. The quantitative estimate of drug-likeness (QED) is 0.691. The molecule has 0 amide bonds. The molecule has 0 bridgehead atoms. The molecule has 0 aliphatic heterocycles. The van der Waals surface area contributed by atoms with Gasteiger partial charge in [-0.1, -0.05) is 6.92 Å². The van der Waals surface area contributed by atoms with E-state index < -0.39 is 0 Å². The second-order valence-electron chi connectivity index (χ2n) is 3.73. The van der Waals surface area contributed by atoms with Crippen molar-refractivity contribution in [2.24, 2.45) is 0 Å². The van der Waals surface area contributed by atoms with E-state index in [9.17, 15) is 4.79 Å². The van der Waals surface area contributed by atoms with Gasteiger partial charge in [0.2, 0.25) is 0 Å². The van der Waals surface area contributed by atoms with Crippen LogP contribution in [0.25, 0.3) is 0 Å². The van der Waals surface area contributed by atoms with Crippen LogP contribution in [0.3, 0.4) is 0 Å². The van der Waals surface area contributed by atoms with Crippen molar-refractivity contribution in [3.8, 4) is 0 Å². The monoisotopic (exact) mass is 208 g/mol. The van der Waals surface area contributed by atoms with Gasteiger partial charge in [-0.2, -0.15) is 0 Å². The molecule has 1 heterocycles. The maximum atomic E-state index is 10.8. The summed E-state index contributed by atoms with van der Waals surface area (Å²) in [6.45, 7) is 5.37. The molecule has 1 aromatic heterocycles. The molecule has 0 aromatic carbocycles. The van der Waals surface area contributed by atoms with E-state index in [-0.39, 0.29) is 5.43 Å². The molecule has 1 N–H and O–H groups in total. The van der Waals surface area contributed by atoms with E-state index in [4.69, 9.17) is 0 Å². The zero-order valence-electron chi connectivity index (χ0n) is 9.41. The van der Waals surface area contributed by atoms with Crippen LogP contribution in [0.1, 0.15) is 26.2 Å². The summed E-state index contributed by atoms with van der Waals surface area (Å²) in [5.41, 5.74) is 0.0795. The molecule has 0 atom stereocenters. The van der Waals surface area contributed by atoms with Crippen LogP contribution in [0.4, 0.5) is 0 Å². The third-order valence-corrected chi connectivity index (χ3v) is 2.31. The SMILES string of the molecule is CCCNCCCCn1ccc(=O)cc1. The van der Waals surface area contributed by atoms with Crippen molar-refractivity contribution in [2.75, 3.05) is 13.1 Å². The lowest BCUT2D eigenvalue weighted by molar-refractivity contribution is 0.565. The standard InChI is InChI=1S/C12H20N2O/c1-2-7-13-8-3-4-9-14-10-5-12(15)6-11-14/h5-6,10-11,13H,2-4,7-9H2,1H3. The molecule has 0 saturated carbocycles.